The standard InChI is InChI=1S/C14H19ClN2O2S2/c1-20-10-3-2-9-17-21(18,19)14-7-6-12(5-4-8-16)11-13(14)15/h6-7,11,17H,2-3,8-10,16H2,1H3. The number of rotatable bonds is 7. The van der Waals surface area contributed by atoms with Crippen LogP contribution >= 0.6 is 23.4 Å². The fraction of sp³-hybridized carbons (Fsp3) is 0.429. The van der Waals surface area contributed by atoms with Gasteiger partial charge in [0.25, 0.3) is 0 Å². The van der Waals surface area contributed by atoms with E-state index in [4.69, 9.17) is 17.3 Å². The highest BCUT2D eigenvalue weighted by atomic mass is 35.5. The molecule has 0 atom stereocenters. The Morgan fingerprint density at radius 2 is 2.14 bits per heavy atom. The molecule has 3 N–H and O–H groups in total. The van der Waals surface area contributed by atoms with Crippen LogP contribution in [0.1, 0.15) is 18.4 Å². The molecule has 1 aromatic rings. The van der Waals surface area contributed by atoms with Crippen LogP contribution in [-0.2, 0) is 10.0 Å². The first-order valence-electron chi connectivity index (χ1n) is 6.48. The fourth-order valence-electron chi connectivity index (χ4n) is 1.61. The van der Waals surface area contributed by atoms with Crippen LogP contribution in [0.3, 0.4) is 0 Å². The fourth-order valence-corrected chi connectivity index (χ4v) is 3.71. The highest BCUT2D eigenvalue weighted by Gasteiger charge is 2.17. The molecule has 0 heterocycles. The molecule has 0 spiro atoms. The van der Waals surface area contributed by atoms with E-state index in [1.807, 2.05) is 6.26 Å². The summed E-state index contributed by atoms with van der Waals surface area (Å²) in [5.74, 6) is 6.53. The molecular formula is C14H19ClN2O2S2. The first kappa shape index (κ1) is 18.3. The van der Waals surface area contributed by atoms with Crippen molar-refractivity contribution in [3.63, 3.8) is 0 Å². The second-order valence-electron chi connectivity index (χ2n) is 4.25. The highest BCUT2D eigenvalue weighted by molar-refractivity contribution is 7.98. The van der Waals surface area contributed by atoms with Gasteiger partial charge in [0.2, 0.25) is 10.0 Å². The number of halogens is 1. The van der Waals surface area contributed by atoms with Crippen molar-refractivity contribution in [1.82, 2.24) is 4.72 Å². The summed E-state index contributed by atoms with van der Waals surface area (Å²) in [5.41, 5.74) is 5.93. The predicted octanol–water partition coefficient (Wildman–Crippen LogP) is 2.07. The van der Waals surface area contributed by atoms with Crippen LogP contribution in [0.4, 0.5) is 0 Å². The Kier molecular flexibility index (Phi) is 8.15. The van der Waals surface area contributed by atoms with E-state index in [0.29, 0.717) is 12.1 Å². The van der Waals surface area contributed by atoms with E-state index >= 15 is 0 Å². The van der Waals surface area contributed by atoms with Gasteiger partial charge in [0.05, 0.1) is 11.6 Å². The first-order chi connectivity index (χ1) is 10.0. The minimum Gasteiger partial charge on any atom is -0.320 e. The molecule has 7 heteroatoms. The van der Waals surface area contributed by atoms with Gasteiger partial charge >= 0.3 is 0 Å². The largest absolute Gasteiger partial charge is 0.320 e. The van der Waals surface area contributed by atoms with Crippen molar-refractivity contribution < 1.29 is 8.42 Å². The van der Waals surface area contributed by atoms with Gasteiger partial charge in [0, 0.05) is 12.1 Å². The van der Waals surface area contributed by atoms with Crippen LogP contribution in [0.25, 0.3) is 0 Å². The van der Waals surface area contributed by atoms with Gasteiger partial charge in [-0.3, -0.25) is 0 Å². The zero-order chi connectivity index (χ0) is 15.7. The topological polar surface area (TPSA) is 72.2 Å². The molecule has 4 nitrogen and oxygen atoms in total. The number of thioether (sulfide) groups is 1. The zero-order valence-electron chi connectivity index (χ0n) is 11.9. The van der Waals surface area contributed by atoms with Crippen molar-refractivity contribution >= 4 is 33.4 Å². The molecule has 1 aromatic carbocycles. The van der Waals surface area contributed by atoms with Crippen molar-refractivity contribution in [1.29, 1.82) is 0 Å². The average Bonchev–Trinajstić information content (AvgIpc) is 2.44. The minimum absolute atomic E-state index is 0.0762. The van der Waals surface area contributed by atoms with Crippen molar-refractivity contribution in [3.05, 3.63) is 28.8 Å². The van der Waals surface area contributed by atoms with Gasteiger partial charge in [-0.2, -0.15) is 11.8 Å². The van der Waals surface area contributed by atoms with Crippen LogP contribution in [0.2, 0.25) is 5.02 Å². The lowest BCUT2D eigenvalue weighted by Gasteiger charge is -2.08. The first-order valence-corrected chi connectivity index (χ1v) is 9.74. The number of benzene rings is 1. The van der Waals surface area contributed by atoms with Crippen molar-refractivity contribution in [2.24, 2.45) is 5.73 Å². The summed E-state index contributed by atoms with van der Waals surface area (Å²) in [6.07, 6.45) is 3.81. The summed E-state index contributed by atoms with van der Waals surface area (Å²) in [5, 5.41) is 0.162. The molecular weight excluding hydrogens is 328 g/mol. The number of nitrogens with one attached hydrogen (secondary N) is 1. The number of sulfonamides is 1. The highest BCUT2D eigenvalue weighted by Crippen LogP contribution is 2.22. The zero-order valence-corrected chi connectivity index (χ0v) is 14.2. The molecule has 0 aromatic heterocycles. The van der Waals surface area contributed by atoms with Crippen molar-refractivity contribution in [2.75, 3.05) is 25.1 Å². The van der Waals surface area contributed by atoms with Gasteiger partial charge in [-0.15, -0.1) is 0 Å². The van der Waals surface area contributed by atoms with E-state index < -0.39 is 10.0 Å². The molecule has 0 unspecified atom stereocenters. The average molecular weight is 347 g/mol. The van der Waals surface area contributed by atoms with E-state index in [2.05, 4.69) is 16.6 Å². The summed E-state index contributed by atoms with van der Waals surface area (Å²) in [4.78, 5) is 0.0762. The van der Waals surface area contributed by atoms with Crippen molar-refractivity contribution in [2.45, 2.75) is 17.7 Å². The summed E-state index contributed by atoms with van der Waals surface area (Å²) < 4.78 is 26.9. The molecule has 1 rings (SSSR count). The van der Waals surface area contributed by atoms with Gasteiger partial charge in [-0.1, -0.05) is 23.4 Å². The summed E-state index contributed by atoms with van der Waals surface area (Å²) in [7, 11) is -3.58. The predicted molar refractivity (Wildman–Crippen MR) is 90.2 cm³/mol. The molecule has 0 saturated carbocycles. The number of unbranched alkanes of at least 4 members (excludes halogenated alkanes) is 1. The Labute approximate surface area is 135 Å². The lowest BCUT2D eigenvalue weighted by Crippen LogP contribution is -2.25. The van der Waals surface area contributed by atoms with E-state index in [-0.39, 0.29) is 16.5 Å². The van der Waals surface area contributed by atoms with E-state index in [9.17, 15) is 8.42 Å². The van der Waals surface area contributed by atoms with Crippen LogP contribution in [-0.4, -0.2) is 33.5 Å². The molecule has 0 bridgehead atoms. The molecule has 116 valence electrons. The van der Waals surface area contributed by atoms with Crippen molar-refractivity contribution in [3.8, 4) is 11.8 Å². The lowest BCUT2D eigenvalue weighted by molar-refractivity contribution is 0.578. The quantitative estimate of drug-likeness (QED) is 0.585. The third-order valence-electron chi connectivity index (χ3n) is 2.62. The Balaban J connectivity index is 2.74. The maximum Gasteiger partial charge on any atom is 0.242 e. The summed E-state index contributed by atoms with van der Waals surface area (Å²) in [6.45, 7) is 0.656. The number of nitrogens with two attached hydrogens (primary N) is 1. The van der Waals surface area contributed by atoms with E-state index in [0.717, 1.165) is 18.6 Å². The third-order valence-corrected chi connectivity index (χ3v) is 5.26. The molecule has 0 aliphatic rings. The molecule has 0 radical (unpaired) electrons. The maximum atomic E-state index is 12.2. The third kappa shape index (κ3) is 6.29. The van der Waals surface area contributed by atoms with Gasteiger partial charge in [-0.25, -0.2) is 13.1 Å². The number of hydrogen-bond donors (Lipinski definition) is 2. The molecule has 0 amide bonds. The molecule has 0 saturated heterocycles. The number of hydrogen-bond acceptors (Lipinski definition) is 4. The molecule has 0 aliphatic heterocycles. The van der Waals surface area contributed by atoms with Crippen LogP contribution in [0.15, 0.2) is 23.1 Å². The molecule has 0 fully saturated rings. The van der Waals surface area contributed by atoms with Crippen LogP contribution in [0, 0.1) is 11.8 Å². The summed E-state index contributed by atoms with van der Waals surface area (Å²) in [6, 6.07) is 4.62. The normalized spacial score (nSPS) is 11.0. The van der Waals surface area contributed by atoms with Crippen LogP contribution < -0.4 is 10.5 Å². The minimum atomic E-state index is -3.58. The molecule has 0 aliphatic carbocycles. The lowest BCUT2D eigenvalue weighted by atomic mass is 10.2. The van der Waals surface area contributed by atoms with Gasteiger partial charge in [0.15, 0.2) is 0 Å². The second-order valence-corrected chi connectivity index (χ2v) is 7.38. The van der Waals surface area contributed by atoms with Gasteiger partial charge in [0.1, 0.15) is 4.90 Å². The SMILES string of the molecule is CSCCCCNS(=O)(=O)c1ccc(C#CCN)cc1Cl. The second kappa shape index (κ2) is 9.34. The summed E-state index contributed by atoms with van der Waals surface area (Å²) >= 11 is 7.78. The smallest absolute Gasteiger partial charge is 0.242 e. The molecule has 21 heavy (non-hydrogen) atoms. The Bertz CT molecular complexity index is 622. The van der Waals surface area contributed by atoms with Crippen LogP contribution in [0.5, 0.6) is 0 Å². The Morgan fingerprint density at radius 3 is 2.76 bits per heavy atom. The Hall–Kier alpha value is -0.710. The van der Waals surface area contributed by atoms with E-state index in [1.165, 1.54) is 12.1 Å². The monoisotopic (exact) mass is 346 g/mol. The Morgan fingerprint density at radius 1 is 1.38 bits per heavy atom. The maximum absolute atomic E-state index is 12.2. The van der Waals surface area contributed by atoms with E-state index in [1.54, 1.807) is 17.8 Å². The van der Waals surface area contributed by atoms with Gasteiger partial charge < -0.3 is 5.73 Å². The van der Waals surface area contributed by atoms with Gasteiger partial charge in [-0.05, 0) is 43.0 Å².